The highest BCUT2D eigenvalue weighted by molar-refractivity contribution is 5.56. The summed E-state index contributed by atoms with van der Waals surface area (Å²) in [5.41, 5.74) is 7.81. The van der Waals surface area contributed by atoms with Crippen LogP contribution in [0.15, 0.2) is 90.5 Å². The molecule has 0 atom stereocenters. The molecule has 0 amide bonds. The summed E-state index contributed by atoms with van der Waals surface area (Å²) in [4.78, 5) is 7.37. The molecular formula is C32H42N4. The third-order valence-corrected chi connectivity index (χ3v) is 7.09. The summed E-state index contributed by atoms with van der Waals surface area (Å²) in [7, 11) is 4.19. The fourth-order valence-corrected chi connectivity index (χ4v) is 4.86. The molecule has 0 aliphatic carbocycles. The summed E-state index contributed by atoms with van der Waals surface area (Å²) in [5.74, 6) is 0. The molecule has 36 heavy (non-hydrogen) atoms. The number of anilines is 3. The van der Waals surface area contributed by atoms with Crippen LogP contribution in [0.5, 0.6) is 0 Å². The van der Waals surface area contributed by atoms with Gasteiger partial charge in [0.15, 0.2) is 0 Å². The Morgan fingerprint density at radius 2 is 1.47 bits per heavy atom. The van der Waals surface area contributed by atoms with E-state index in [4.69, 9.17) is 0 Å². The van der Waals surface area contributed by atoms with E-state index in [0.717, 1.165) is 32.7 Å². The Balaban J connectivity index is 1.36. The Kier molecular flexibility index (Phi) is 9.07. The van der Waals surface area contributed by atoms with Gasteiger partial charge >= 0.3 is 0 Å². The largest absolute Gasteiger partial charge is 0.381 e. The molecule has 1 aliphatic heterocycles. The summed E-state index contributed by atoms with van der Waals surface area (Å²) in [6, 6.07) is 29.1. The molecule has 0 aromatic heterocycles. The minimum Gasteiger partial charge on any atom is -0.381 e. The molecule has 4 rings (SSSR count). The van der Waals surface area contributed by atoms with Gasteiger partial charge in [0.1, 0.15) is 0 Å². The Labute approximate surface area is 218 Å². The van der Waals surface area contributed by atoms with Gasteiger partial charge in [0.25, 0.3) is 0 Å². The summed E-state index contributed by atoms with van der Waals surface area (Å²) < 4.78 is 0. The molecule has 1 saturated heterocycles. The van der Waals surface area contributed by atoms with Crippen LogP contribution >= 0.6 is 0 Å². The first-order chi connectivity index (χ1) is 17.5. The molecule has 1 N–H and O–H groups in total. The van der Waals surface area contributed by atoms with E-state index in [2.05, 4.69) is 133 Å². The lowest BCUT2D eigenvalue weighted by Crippen LogP contribution is -2.45. The van der Waals surface area contributed by atoms with Gasteiger partial charge in [-0.1, -0.05) is 54.1 Å². The van der Waals surface area contributed by atoms with Crippen molar-refractivity contribution in [3.05, 3.63) is 102 Å². The van der Waals surface area contributed by atoms with Crippen LogP contribution in [0.3, 0.4) is 0 Å². The lowest BCUT2D eigenvalue weighted by molar-refractivity contribution is 0.202. The lowest BCUT2D eigenvalue weighted by atomic mass is 10.0. The predicted octanol–water partition coefficient (Wildman–Crippen LogP) is 6.80. The Morgan fingerprint density at radius 1 is 0.833 bits per heavy atom. The molecule has 3 aromatic rings. The van der Waals surface area contributed by atoms with E-state index in [1.807, 2.05) is 0 Å². The van der Waals surface area contributed by atoms with E-state index in [0.29, 0.717) is 6.04 Å². The van der Waals surface area contributed by atoms with Gasteiger partial charge in [-0.05, 0) is 74.2 Å². The van der Waals surface area contributed by atoms with Crippen LogP contribution in [0, 0.1) is 0 Å². The van der Waals surface area contributed by atoms with E-state index in [9.17, 15) is 0 Å². The molecule has 0 radical (unpaired) electrons. The average molecular weight is 483 g/mol. The van der Waals surface area contributed by atoms with E-state index < -0.39 is 0 Å². The topological polar surface area (TPSA) is 21.8 Å². The van der Waals surface area contributed by atoms with E-state index in [-0.39, 0.29) is 0 Å². The second-order valence-electron chi connectivity index (χ2n) is 10.4. The molecular weight excluding hydrogens is 440 g/mol. The van der Waals surface area contributed by atoms with Gasteiger partial charge in [0, 0.05) is 69.9 Å². The number of rotatable bonds is 10. The molecule has 1 fully saturated rings. The number of nitrogens with zero attached hydrogens (tertiary/aromatic N) is 3. The van der Waals surface area contributed by atoms with Crippen LogP contribution in [-0.2, 0) is 13.1 Å². The van der Waals surface area contributed by atoms with Gasteiger partial charge in [0.2, 0.25) is 0 Å². The Hall–Kier alpha value is -3.24. The number of nitrogens with one attached hydrogen (secondary N) is 1. The number of hydrogen-bond acceptors (Lipinski definition) is 4. The quantitative estimate of drug-likeness (QED) is 0.321. The molecule has 0 saturated carbocycles. The highest BCUT2D eigenvalue weighted by Crippen LogP contribution is 2.26. The summed E-state index contributed by atoms with van der Waals surface area (Å²) in [6.45, 7) is 9.52. The zero-order valence-corrected chi connectivity index (χ0v) is 22.5. The number of benzene rings is 3. The van der Waals surface area contributed by atoms with Crippen molar-refractivity contribution in [3.63, 3.8) is 0 Å². The second-order valence-corrected chi connectivity index (χ2v) is 10.4. The maximum atomic E-state index is 3.56. The Bertz CT molecular complexity index is 1080. The van der Waals surface area contributed by atoms with Gasteiger partial charge in [-0.2, -0.15) is 0 Å². The molecule has 190 valence electrons. The normalized spacial score (nSPS) is 14.3. The number of piperidine rings is 1. The van der Waals surface area contributed by atoms with Crippen LogP contribution in [0.2, 0.25) is 0 Å². The molecule has 0 unspecified atom stereocenters. The van der Waals surface area contributed by atoms with Crippen molar-refractivity contribution < 1.29 is 0 Å². The van der Waals surface area contributed by atoms with Crippen LogP contribution in [0.25, 0.3) is 0 Å². The van der Waals surface area contributed by atoms with Gasteiger partial charge in [-0.3, -0.25) is 4.90 Å². The van der Waals surface area contributed by atoms with Crippen molar-refractivity contribution in [2.75, 3.05) is 48.8 Å². The number of likely N-dealkylation sites (tertiary alicyclic amines) is 1. The van der Waals surface area contributed by atoms with Crippen LogP contribution in [0.4, 0.5) is 17.1 Å². The number of allylic oxidation sites excluding steroid dienone is 1. The van der Waals surface area contributed by atoms with Crippen LogP contribution < -0.4 is 15.1 Å². The zero-order valence-electron chi connectivity index (χ0n) is 22.5. The summed E-state index contributed by atoms with van der Waals surface area (Å²) in [5, 5.41) is 3.56. The van der Waals surface area contributed by atoms with E-state index in [1.165, 1.54) is 46.6 Å². The fraction of sp³-hybridized carbons (Fsp3) is 0.375. The third-order valence-electron chi connectivity index (χ3n) is 7.09. The van der Waals surface area contributed by atoms with Crippen molar-refractivity contribution >= 4 is 17.1 Å². The van der Waals surface area contributed by atoms with Gasteiger partial charge < -0.3 is 15.1 Å². The van der Waals surface area contributed by atoms with E-state index >= 15 is 0 Å². The van der Waals surface area contributed by atoms with Gasteiger partial charge in [-0.25, -0.2) is 0 Å². The molecule has 4 heteroatoms. The number of hydrogen-bond donors (Lipinski definition) is 1. The predicted molar refractivity (Wildman–Crippen MR) is 156 cm³/mol. The second kappa shape index (κ2) is 12.6. The molecule has 3 aromatic carbocycles. The summed E-state index contributed by atoms with van der Waals surface area (Å²) >= 11 is 0. The van der Waals surface area contributed by atoms with E-state index in [1.54, 1.807) is 0 Å². The van der Waals surface area contributed by atoms with Crippen LogP contribution in [0.1, 0.15) is 37.8 Å². The monoisotopic (exact) mass is 482 g/mol. The molecule has 4 nitrogen and oxygen atoms in total. The molecule has 1 heterocycles. The minimum absolute atomic E-state index is 0.566. The third kappa shape index (κ3) is 7.38. The maximum absolute atomic E-state index is 3.56. The highest BCUT2D eigenvalue weighted by Gasteiger charge is 2.24. The standard InChI is InChI=1S/C32H42N4/c1-26(2)18-23-36(31-16-12-29(13-17-31)33-24-27-8-6-5-7-9-27)32-19-21-35(22-20-32)25-28-10-14-30(15-11-28)34(3)4/h5-18,32-33H,19-25H2,1-4H3. The SMILES string of the molecule is CC(C)=CCN(c1ccc(NCc2ccccc2)cc1)C1CCN(Cc2ccc(N(C)C)cc2)CC1. The lowest BCUT2D eigenvalue weighted by Gasteiger charge is -2.39. The van der Waals surface area contributed by atoms with Crippen molar-refractivity contribution in [1.29, 1.82) is 0 Å². The first-order valence-electron chi connectivity index (χ1n) is 13.2. The van der Waals surface area contributed by atoms with Crippen molar-refractivity contribution in [2.24, 2.45) is 0 Å². The van der Waals surface area contributed by atoms with Crippen molar-refractivity contribution in [3.8, 4) is 0 Å². The van der Waals surface area contributed by atoms with Crippen molar-refractivity contribution in [1.82, 2.24) is 4.90 Å². The average Bonchev–Trinajstić information content (AvgIpc) is 2.90. The molecule has 0 bridgehead atoms. The van der Waals surface area contributed by atoms with Crippen LogP contribution in [-0.4, -0.2) is 44.7 Å². The van der Waals surface area contributed by atoms with Crippen molar-refractivity contribution in [2.45, 2.75) is 45.8 Å². The minimum atomic E-state index is 0.566. The maximum Gasteiger partial charge on any atom is 0.0400 e. The fourth-order valence-electron chi connectivity index (χ4n) is 4.86. The zero-order chi connectivity index (χ0) is 25.3. The molecule has 1 aliphatic rings. The highest BCUT2D eigenvalue weighted by atomic mass is 15.2. The van der Waals surface area contributed by atoms with Gasteiger partial charge in [-0.15, -0.1) is 0 Å². The Morgan fingerprint density at radius 3 is 2.08 bits per heavy atom. The molecule has 0 spiro atoms. The smallest absolute Gasteiger partial charge is 0.0400 e. The first-order valence-corrected chi connectivity index (χ1v) is 13.2. The van der Waals surface area contributed by atoms with Gasteiger partial charge in [0.05, 0.1) is 0 Å². The first kappa shape index (κ1) is 25.8. The summed E-state index contributed by atoms with van der Waals surface area (Å²) in [6.07, 6.45) is 4.75.